The molecule has 1 saturated heterocycles. The van der Waals surface area contributed by atoms with E-state index in [9.17, 15) is 0 Å². The summed E-state index contributed by atoms with van der Waals surface area (Å²) < 4.78 is 7.37. The van der Waals surface area contributed by atoms with Gasteiger partial charge in [0.15, 0.2) is 0 Å². The third-order valence-electron chi connectivity index (χ3n) is 9.73. The summed E-state index contributed by atoms with van der Waals surface area (Å²) in [4.78, 5) is 2.41. The van der Waals surface area contributed by atoms with E-state index in [1.54, 1.807) is 5.57 Å². The fourth-order valence-corrected chi connectivity index (χ4v) is 7.96. The lowest BCUT2D eigenvalue weighted by molar-refractivity contribution is -0.134. The zero-order valence-electron chi connectivity index (χ0n) is 19.4. The highest BCUT2D eigenvalue weighted by molar-refractivity contribution is 5.84. The molecule has 32 heavy (non-hydrogen) atoms. The predicted octanol–water partition coefficient (Wildman–Crippen LogP) is 5.64. The van der Waals surface area contributed by atoms with Crippen LogP contribution in [0.4, 0.5) is 0 Å². The topological polar surface area (TPSA) is 41.2 Å². The second kappa shape index (κ2) is 6.24. The van der Waals surface area contributed by atoms with E-state index in [2.05, 4.69) is 72.5 Å². The van der Waals surface area contributed by atoms with Gasteiger partial charge in [0.2, 0.25) is 0 Å². The lowest BCUT2D eigenvalue weighted by Crippen LogP contribution is -2.54. The van der Waals surface area contributed by atoms with Crippen molar-refractivity contribution in [2.75, 3.05) is 14.1 Å². The normalized spacial score (nSPS) is 39.9. The standard InChI is InChI=1S/C28H33N3O/c1-26-11-10-21-15-20-6-7-22(31(2)3)16-27(20)12-13-28(21,32-27)25(26)9-8-23(26)18-4-5-19-17-29-30-24(19)14-18/h4-5,8,10,14-15,17,22,25H,6-7,9,11-13,16H2,1-3H3,(H,29,30)/t22-,25+,26+,27+,28?/m0/s1. The van der Waals surface area contributed by atoms with Gasteiger partial charge in [-0.3, -0.25) is 5.10 Å². The fraction of sp³-hybridized carbons (Fsp3) is 0.536. The van der Waals surface area contributed by atoms with Crippen molar-refractivity contribution in [1.29, 1.82) is 0 Å². The number of nitrogens with one attached hydrogen (secondary N) is 1. The summed E-state index contributed by atoms with van der Waals surface area (Å²) in [6.07, 6.45) is 17.7. The van der Waals surface area contributed by atoms with E-state index >= 15 is 0 Å². The van der Waals surface area contributed by atoms with Crippen LogP contribution < -0.4 is 0 Å². The zero-order valence-corrected chi connectivity index (χ0v) is 19.4. The lowest BCUT2D eigenvalue weighted by Gasteiger charge is -2.54. The van der Waals surface area contributed by atoms with Crippen molar-refractivity contribution in [2.45, 2.75) is 69.1 Å². The Morgan fingerprint density at radius 3 is 2.97 bits per heavy atom. The summed E-state index contributed by atoms with van der Waals surface area (Å²) in [7, 11) is 4.46. The molecule has 7 rings (SSSR count). The molecule has 2 fully saturated rings. The number of benzene rings is 1. The molecule has 166 valence electrons. The number of hydrogen-bond donors (Lipinski definition) is 1. The molecule has 5 aliphatic rings. The molecular weight excluding hydrogens is 394 g/mol. The summed E-state index contributed by atoms with van der Waals surface area (Å²) in [6, 6.07) is 7.40. The Morgan fingerprint density at radius 1 is 1.19 bits per heavy atom. The average molecular weight is 428 g/mol. The molecule has 2 bridgehead atoms. The molecule has 3 aliphatic carbocycles. The molecule has 4 nitrogen and oxygen atoms in total. The van der Waals surface area contributed by atoms with Gasteiger partial charge in [-0.25, -0.2) is 0 Å². The Balaban J connectivity index is 1.29. The first kappa shape index (κ1) is 19.3. The Hall–Kier alpha value is -2.17. The quantitative estimate of drug-likeness (QED) is 0.674. The molecule has 1 unspecified atom stereocenters. The van der Waals surface area contributed by atoms with Gasteiger partial charge in [0.25, 0.3) is 0 Å². The predicted molar refractivity (Wildman–Crippen MR) is 128 cm³/mol. The summed E-state index contributed by atoms with van der Waals surface area (Å²) >= 11 is 0. The Morgan fingerprint density at radius 2 is 2.09 bits per heavy atom. The van der Waals surface area contributed by atoms with Crippen molar-refractivity contribution in [3.05, 3.63) is 59.3 Å². The minimum absolute atomic E-state index is 0.0274. The molecule has 0 radical (unpaired) electrons. The second-order valence-corrected chi connectivity index (χ2v) is 11.4. The fourth-order valence-electron chi connectivity index (χ4n) is 7.96. The van der Waals surface area contributed by atoms with Crippen molar-refractivity contribution in [3.8, 4) is 0 Å². The molecule has 2 spiro atoms. The molecule has 2 aliphatic heterocycles. The minimum atomic E-state index is -0.110. The second-order valence-electron chi connectivity index (χ2n) is 11.4. The Kier molecular flexibility index (Phi) is 3.76. The van der Waals surface area contributed by atoms with Crippen LogP contribution in [-0.2, 0) is 4.74 Å². The van der Waals surface area contributed by atoms with E-state index in [-0.39, 0.29) is 16.6 Å². The number of aromatic amines is 1. The van der Waals surface area contributed by atoms with E-state index in [4.69, 9.17) is 4.74 Å². The van der Waals surface area contributed by atoms with Gasteiger partial charge in [-0.15, -0.1) is 0 Å². The highest BCUT2D eigenvalue weighted by Crippen LogP contribution is 2.67. The highest BCUT2D eigenvalue weighted by atomic mass is 16.5. The van der Waals surface area contributed by atoms with Crippen LogP contribution >= 0.6 is 0 Å². The minimum Gasteiger partial charge on any atom is -0.359 e. The largest absolute Gasteiger partial charge is 0.359 e. The third kappa shape index (κ3) is 2.32. The van der Waals surface area contributed by atoms with Gasteiger partial charge in [-0.2, -0.15) is 5.10 Å². The number of allylic oxidation sites excluding steroid dienone is 3. The van der Waals surface area contributed by atoms with Crippen molar-refractivity contribution >= 4 is 16.5 Å². The first-order valence-corrected chi connectivity index (χ1v) is 12.4. The molecule has 1 saturated carbocycles. The molecule has 0 amide bonds. The molecule has 1 aromatic heterocycles. The molecule has 5 atom stereocenters. The van der Waals surface area contributed by atoms with Crippen LogP contribution in [0.3, 0.4) is 0 Å². The van der Waals surface area contributed by atoms with Gasteiger partial charge >= 0.3 is 0 Å². The average Bonchev–Trinajstić information content (AvgIpc) is 3.47. The summed E-state index contributed by atoms with van der Waals surface area (Å²) in [5, 5.41) is 8.56. The van der Waals surface area contributed by atoms with Gasteiger partial charge < -0.3 is 9.64 Å². The van der Waals surface area contributed by atoms with Crippen molar-refractivity contribution in [2.24, 2.45) is 11.3 Å². The smallest absolute Gasteiger partial charge is 0.0980 e. The van der Waals surface area contributed by atoms with Crippen LogP contribution in [0.15, 0.2) is 53.8 Å². The van der Waals surface area contributed by atoms with Crippen molar-refractivity contribution in [1.82, 2.24) is 15.1 Å². The van der Waals surface area contributed by atoms with Crippen LogP contribution in [0, 0.1) is 11.3 Å². The Bertz CT molecular complexity index is 1220. The number of hydrogen-bond acceptors (Lipinski definition) is 3. The summed E-state index contributed by atoms with van der Waals surface area (Å²) in [5.74, 6) is 0.513. The monoisotopic (exact) mass is 427 g/mol. The number of rotatable bonds is 2. The molecular formula is C28H33N3O. The van der Waals surface area contributed by atoms with Gasteiger partial charge in [-0.1, -0.05) is 37.3 Å². The maximum Gasteiger partial charge on any atom is 0.0980 e. The maximum atomic E-state index is 7.37. The van der Waals surface area contributed by atoms with Crippen LogP contribution in [0.25, 0.3) is 16.5 Å². The van der Waals surface area contributed by atoms with E-state index < -0.39 is 0 Å². The SMILES string of the molecule is CN(C)[C@H]1CCC2=CC3=CC[C@]4(C)C(c5ccc6cn[nH]c6c5)=CC[C@H]4C34CC[C@]2(C1)O4. The first-order valence-electron chi connectivity index (χ1n) is 12.4. The van der Waals surface area contributed by atoms with Crippen LogP contribution in [-0.4, -0.2) is 46.4 Å². The lowest BCUT2D eigenvalue weighted by atomic mass is 9.58. The third-order valence-corrected chi connectivity index (χ3v) is 9.73. The highest BCUT2D eigenvalue weighted by Gasteiger charge is 2.65. The molecule has 1 aromatic carbocycles. The van der Waals surface area contributed by atoms with E-state index in [1.165, 1.54) is 47.8 Å². The molecule has 4 heteroatoms. The Labute approximate surface area is 190 Å². The van der Waals surface area contributed by atoms with Gasteiger partial charge in [0, 0.05) is 22.8 Å². The maximum absolute atomic E-state index is 7.37. The van der Waals surface area contributed by atoms with Crippen LogP contribution in [0.1, 0.15) is 57.4 Å². The molecule has 2 aromatic rings. The number of H-pyrrole nitrogens is 1. The van der Waals surface area contributed by atoms with E-state index in [0.29, 0.717) is 12.0 Å². The first-order chi connectivity index (χ1) is 15.4. The zero-order chi connectivity index (χ0) is 21.7. The van der Waals surface area contributed by atoms with Crippen LogP contribution in [0.2, 0.25) is 0 Å². The number of ether oxygens (including phenoxy) is 1. The van der Waals surface area contributed by atoms with Gasteiger partial charge in [-0.05, 0) is 87.4 Å². The van der Waals surface area contributed by atoms with Gasteiger partial charge in [0.05, 0.1) is 22.9 Å². The van der Waals surface area contributed by atoms with E-state index in [1.807, 2.05) is 6.20 Å². The molecule has 3 heterocycles. The number of nitrogens with zero attached hydrogens (tertiary/aromatic N) is 2. The van der Waals surface area contributed by atoms with Crippen LogP contribution in [0.5, 0.6) is 0 Å². The summed E-state index contributed by atoms with van der Waals surface area (Å²) in [5.41, 5.74) is 7.01. The van der Waals surface area contributed by atoms with Crippen molar-refractivity contribution in [3.63, 3.8) is 0 Å². The molecule has 1 N–H and O–H groups in total. The van der Waals surface area contributed by atoms with Gasteiger partial charge in [0.1, 0.15) is 0 Å². The van der Waals surface area contributed by atoms with E-state index in [0.717, 1.165) is 24.8 Å². The summed E-state index contributed by atoms with van der Waals surface area (Å²) in [6.45, 7) is 2.49. The number of fused-ring (bicyclic) bond motifs is 2. The number of aromatic nitrogens is 2. The van der Waals surface area contributed by atoms with Crippen molar-refractivity contribution < 1.29 is 4.74 Å².